The fourth-order valence-corrected chi connectivity index (χ4v) is 3.93. The molecule has 0 radical (unpaired) electrons. The molecular weight excluding hydrogens is 400 g/mol. The Kier molecular flexibility index (Phi) is 5.14. The van der Waals surface area contributed by atoms with Crippen LogP contribution in [0.5, 0.6) is 0 Å². The van der Waals surface area contributed by atoms with E-state index in [-0.39, 0.29) is 11.3 Å². The van der Waals surface area contributed by atoms with E-state index in [0.717, 1.165) is 11.1 Å². The number of benzene rings is 2. The number of hydrogen-bond acceptors (Lipinski definition) is 4. The zero-order valence-corrected chi connectivity index (χ0v) is 17.2. The Labute approximate surface area is 179 Å². The number of pyridine rings is 1. The zero-order valence-electron chi connectivity index (χ0n) is 16.5. The number of aliphatic hydroxyl groups is 1. The Morgan fingerprint density at radius 1 is 1.03 bits per heavy atom. The molecule has 30 heavy (non-hydrogen) atoms. The molecule has 1 saturated heterocycles. The monoisotopic (exact) mass is 418 g/mol. The van der Waals surface area contributed by atoms with Crippen LogP contribution in [-0.2, 0) is 9.59 Å². The first-order chi connectivity index (χ1) is 14.4. The smallest absolute Gasteiger partial charge is 0.300 e. The van der Waals surface area contributed by atoms with Crippen LogP contribution in [0.25, 0.3) is 5.76 Å². The van der Waals surface area contributed by atoms with E-state index in [4.69, 9.17) is 11.6 Å². The summed E-state index contributed by atoms with van der Waals surface area (Å²) < 4.78 is 0. The summed E-state index contributed by atoms with van der Waals surface area (Å²) in [5.74, 6) is -1.68. The van der Waals surface area contributed by atoms with Crippen molar-refractivity contribution in [3.8, 4) is 0 Å². The number of rotatable bonds is 3. The van der Waals surface area contributed by atoms with Crippen LogP contribution in [0.4, 0.5) is 5.69 Å². The molecule has 0 saturated carbocycles. The molecule has 3 aromatic rings. The number of halogens is 1. The van der Waals surface area contributed by atoms with Gasteiger partial charge in [-0.2, -0.15) is 0 Å². The van der Waals surface area contributed by atoms with Crippen molar-refractivity contribution >= 4 is 34.7 Å². The molecule has 2 heterocycles. The van der Waals surface area contributed by atoms with E-state index < -0.39 is 17.7 Å². The van der Waals surface area contributed by atoms with Crippen LogP contribution in [-0.4, -0.2) is 21.8 Å². The highest BCUT2D eigenvalue weighted by atomic mass is 35.5. The standard InChI is InChI=1S/C24H19ClN2O3/c1-14-10-15(2)12-19(11-14)27-21(17-4-3-9-26-13-17)20(23(29)24(27)30)22(28)16-5-7-18(25)8-6-16/h3-13,21,28H,1-2H3/b22-20+. The third-order valence-corrected chi connectivity index (χ3v) is 5.30. The van der Waals surface area contributed by atoms with Gasteiger partial charge in [0, 0.05) is 28.7 Å². The molecular formula is C24H19ClN2O3. The third kappa shape index (κ3) is 3.48. The lowest BCUT2D eigenvalue weighted by atomic mass is 9.96. The van der Waals surface area contributed by atoms with Gasteiger partial charge in [-0.3, -0.25) is 19.5 Å². The number of carbonyl (C=O) groups excluding carboxylic acids is 2. The second-order valence-electron chi connectivity index (χ2n) is 7.31. The average molecular weight is 419 g/mol. The van der Waals surface area contributed by atoms with Crippen molar-refractivity contribution in [1.82, 2.24) is 4.98 Å². The summed E-state index contributed by atoms with van der Waals surface area (Å²) in [6.07, 6.45) is 3.22. The van der Waals surface area contributed by atoms with Crippen molar-refractivity contribution in [1.29, 1.82) is 0 Å². The second kappa shape index (κ2) is 7.76. The summed E-state index contributed by atoms with van der Waals surface area (Å²) in [4.78, 5) is 31.8. The SMILES string of the molecule is Cc1cc(C)cc(N2C(=O)C(=O)/C(=C(/O)c3ccc(Cl)cc3)C2c2cccnc2)c1. The van der Waals surface area contributed by atoms with E-state index in [1.165, 1.54) is 4.90 Å². The molecule has 1 amide bonds. The van der Waals surface area contributed by atoms with Crippen molar-refractivity contribution in [2.45, 2.75) is 19.9 Å². The van der Waals surface area contributed by atoms with Gasteiger partial charge in [-0.25, -0.2) is 0 Å². The van der Waals surface area contributed by atoms with Gasteiger partial charge in [-0.1, -0.05) is 23.7 Å². The van der Waals surface area contributed by atoms with Crippen molar-refractivity contribution in [2.75, 3.05) is 4.90 Å². The fraction of sp³-hybridized carbons (Fsp3) is 0.125. The molecule has 0 spiro atoms. The van der Waals surface area contributed by atoms with Crippen LogP contribution in [0.15, 0.2) is 72.6 Å². The first-order valence-electron chi connectivity index (χ1n) is 9.42. The topological polar surface area (TPSA) is 70.5 Å². The number of anilines is 1. The molecule has 150 valence electrons. The Morgan fingerprint density at radius 3 is 2.30 bits per heavy atom. The predicted octanol–water partition coefficient (Wildman–Crippen LogP) is 4.98. The second-order valence-corrected chi connectivity index (χ2v) is 7.74. The number of carbonyl (C=O) groups is 2. The van der Waals surface area contributed by atoms with E-state index in [0.29, 0.717) is 21.8 Å². The lowest BCUT2D eigenvalue weighted by Gasteiger charge is -2.25. The van der Waals surface area contributed by atoms with Gasteiger partial charge in [0.15, 0.2) is 0 Å². The quantitative estimate of drug-likeness (QED) is 0.370. The predicted molar refractivity (Wildman–Crippen MR) is 116 cm³/mol. The summed E-state index contributed by atoms with van der Waals surface area (Å²) >= 11 is 5.95. The fourth-order valence-electron chi connectivity index (χ4n) is 3.80. The van der Waals surface area contributed by atoms with Gasteiger partial charge in [-0.05, 0) is 73.0 Å². The number of Topliss-reactive ketones (excluding diaryl/α,β-unsaturated/α-hetero) is 1. The number of hydrogen-bond donors (Lipinski definition) is 1. The Hall–Kier alpha value is -3.44. The summed E-state index contributed by atoms with van der Waals surface area (Å²) in [5.41, 5.74) is 3.59. The molecule has 0 bridgehead atoms. The Bertz CT molecular complexity index is 1150. The number of aliphatic hydroxyl groups excluding tert-OH is 1. The molecule has 1 fully saturated rings. The normalized spacial score (nSPS) is 18.1. The van der Waals surface area contributed by atoms with Crippen LogP contribution in [0, 0.1) is 13.8 Å². The van der Waals surface area contributed by atoms with Crippen molar-refractivity contribution in [3.63, 3.8) is 0 Å². The average Bonchev–Trinajstić information content (AvgIpc) is 2.99. The number of aromatic nitrogens is 1. The lowest BCUT2D eigenvalue weighted by molar-refractivity contribution is -0.132. The van der Waals surface area contributed by atoms with Crippen LogP contribution in [0.3, 0.4) is 0 Å². The molecule has 1 atom stereocenters. The van der Waals surface area contributed by atoms with Crippen LogP contribution in [0.2, 0.25) is 5.02 Å². The summed E-state index contributed by atoms with van der Waals surface area (Å²) in [5, 5.41) is 11.5. The van der Waals surface area contributed by atoms with Gasteiger partial charge >= 0.3 is 0 Å². The van der Waals surface area contributed by atoms with Gasteiger partial charge in [0.05, 0.1) is 11.6 Å². The summed E-state index contributed by atoms with van der Waals surface area (Å²) in [7, 11) is 0. The molecule has 1 aromatic heterocycles. The highest BCUT2D eigenvalue weighted by molar-refractivity contribution is 6.51. The summed E-state index contributed by atoms with van der Waals surface area (Å²) in [6, 6.07) is 14.9. The molecule has 1 aliphatic rings. The van der Waals surface area contributed by atoms with E-state index in [1.807, 2.05) is 32.0 Å². The highest BCUT2D eigenvalue weighted by Crippen LogP contribution is 2.42. The van der Waals surface area contributed by atoms with Gasteiger partial charge in [0.1, 0.15) is 5.76 Å². The Balaban J connectivity index is 1.96. The third-order valence-electron chi connectivity index (χ3n) is 5.05. The van der Waals surface area contributed by atoms with Crippen LogP contribution in [0.1, 0.15) is 28.3 Å². The largest absolute Gasteiger partial charge is 0.507 e. The van der Waals surface area contributed by atoms with Gasteiger partial charge in [0.2, 0.25) is 0 Å². The number of amides is 1. The molecule has 1 unspecified atom stereocenters. The molecule has 2 aromatic carbocycles. The van der Waals surface area contributed by atoms with E-state index >= 15 is 0 Å². The maximum Gasteiger partial charge on any atom is 0.300 e. The van der Waals surface area contributed by atoms with E-state index in [2.05, 4.69) is 4.98 Å². The zero-order chi connectivity index (χ0) is 21.4. The van der Waals surface area contributed by atoms with Crippen molar-refractivity contribution < 1.29 is 14.7 Å². The minimum Gasteiger partial charge on any atom is -0.507 e. The highest BCUT2D eigenvalue weighted by Gasteiger charge is 2.47. The van der Waals surface area contributed by atoms with Crippen LogP contribution < -0.4 is 4.90 Å². The lowest BCUT2D eigenvalue weighted by Crippen LogP contribution is -2.29. The molecule has 4 rings (SSSR count). The number of aryl methyl sites for hydroxylation is 2. The molecule has 5 nitrogen and oxygen atoms in total. The molecule has 1 aliphatic heterocycles. The molecule has 0 aliphatic carbocycles. The van der Waals surface area contributed by atoms with E-state index in [9.17, 15) is 14.7 Å². The first-order valence-corrected chi connectivity index (χ1v) is 9.80. The maximum absolute atomic E-state index is 13.1. The van der Waals surface area contributed by atoms with Crippen LogP contribution >= 0.6 is 11.6 Å². The Morgan fingerprint density at radius 2 is 1.70 bits per heavy atom. The minimum atomic E-state index is -0.796. The minimum absolute atomic E-state index is 0.0227. The maximum atomic E-state index is 13.1. The van der Waals surface area contributed by atoms with Crippen molar-refractivity contribution in [3.05, 3.63) is 99.8 Å². The van der Waals surface area contributed by atoms with Gasteiger partial charge in [0.25, 0.3) is 11.7 Å². The van der Waals surface area contributed by atoms with Gasteiger partial charge < -0.3 is 5.11 Å². The van der Waals surface area contributed by atoms with Gasteiger partial charge in [-0.15, -0.1) is 0 Å². The van der Waals surface area contributed by atoms with E-state index in [1.54, 1.807) is 48.8 Å². The summed E-state index contributed by atoms with van der Waals surface area (Å²) in [6.45, 7) is 3.86. The van der Waals surface area contributed by atoms with Crippen molar-refractivity contribution in [2.24, 2.45) is 0 Å². The molecule has 1 N–H and O–H groups in total. The molecule has 6 heteroatoms. The number of nitrogens with zero attached hydrogens (tertiary/aromatic N) is 2. The first kappa shape index (κ1) is 19.9. The number of ketones is 1.